The van der Waals surface area contributed by atoms with Crippen molar-refractivity contribution in [2.24, 2.45) is 5.92 Å². The van der Waals surface area contributed by atoms with Gasteiger partial charge in [0.25, 0.3) is 0 Å². The molecule has 0 aromatic heterocycles. The quantitative estimate of drug-likeness (QED) is 0.637. The molecule has 78 valence electrons. The Morgan fingerprint density at radius 2 is 2.00 bits per heavy atom. The molecule has 0 radical (unpaired) electrons. The van der Waals surface area contributed by atoms with Crippen molar-refractivity contribution in [2.75, 3.05) is 13.1 Å². The number of hydrogen-bond donors (Lipinski definition) is 0. The standard InChI is InChI=1S/C12H19NO/c1-10-5-7-13(8-6-10)11-3-2-4-12(14)9-11/h9-10H,2-8H2,1H3. The van der Waals surface area contributed by atoms with E-state index < -0.39 is 0 Å². The van der Waals surface area contributed by atoms with Crippen molar-refractivity contribution in [3.63, 3.8) is 0 Å². The number of hydrogen-bond acceptors (Lipinski definition) is 2. The minimum Gasteiger partial charge on any atom is -0.375 e. The van der Waals surface area contributed by atoms with Crippen molar-refractivity contribution in [3.8, 4) is 0 Å². The van der Waals surface area contributed by atoms with E-state index in [1.165, 1.54) is 18.5 Å². The fourth-order valence-electron chi connectivity index (χ4n) is 2.32. The molecular formula is C12H19NO. The predicted octanol–water partition coefficient (Wildman–Crippen LogP) is 2.36. The van der Waals surface area contributed by atoms with E-state index in [9.17, 15) is 4.79 Å². The fraction of sp³-hybridized carbons (Fsp3) is 0.750. The van der Waals surface area contributed by atoms with E-state index in [1.807, 2.05) is 6.08 Å². The summed E-state index contributed by atoms with van der Waals surface area (Å²) in [7, 11) is 0. The van der Waals surface area contributed by atoms with Gasteiger partial charge in [0.2, 0.25) is 0 Å². The highest BCUT2D eigenvalue weighted by molar-refractivity contribution is 5.91. The van der Waals surface area contributed by atoms with Crippen LogP contribution in [0, 0.1) is 5.92 Å². The zero-order chi connectivity index (χ0) is 9.97. The van der Waals surface area contributed by atoms with Crippen molar-refractivity contribution in [1.82, 2.24) is 4.90 Å². The number of nitrogens with zero attached hydrogens (tertiary/aromatic N) is 1. The van der Waals surface area contributed by atoms with E-state index >= 15 is 0 Å². The van der Waals surface area contributed by atoms with Crippen LogP contribution >= 0.6 is 0 Å². The molecule has 0 amide bonds. The van der Waals surface area contributed by atoms with Gasteiger partial charge in [-0.3, -0.25) is 4.79 Å². The van der Waals surface area contributed by atoms with Crippen LogP contribution in [0.2, 0.25) is 0 Å². The fourth-order valence-corrected chi connectivity index (χ4v) is 2.32. The number of carbonyl (C=O) groups excluding carboxylic acids is 1. The Kier molecular flexibility index (Phi) is 2.90. The highest BCUT2D eigenvalue weighted by Crippen LogP contribution is 2.24. The highest BCUT2D eigenvalue weighted by Gasteiger charge is 2.20. The first-order chi connectivity index (χ1) is 6.75. The van der Waals surface area contributed by atoms with Crippen LogP contribution in [0.15, 0.2) is 11.8 Å². The van der Waals surface area contributed by atoms with Gasteiger partial charge in [-0.1, -0.05) is 6.92 Å². The third-order valence-electron chi connectivity index (χ3n) is 3.37. The molecule has 0 N–H and O–H groups in total. The van der Waals surface area contributed by atoms with Crippen LogP contribution in [-0.4, -0.2) is 23.8 Å². The number of carbonyl (C=O) groups is 1. The average Bonchev–Trinajstić information content (AvgIpc) is 2.19. The lowest BCUT2D eigenvalue weighted by atomic mass is 9.96. The molecule has 1 fully saturated rings. The van der Waals surface area contributed by atoms with Gasteiger partial charge < -0.3 is 4.90 Å². The molecule has 0 atom stereocenters. The summed E-state index contributed by atoms with van der Waals surface area (Å²) < 4.78 is 0. The van der Waals surface area contributed by atoms with E-state index in [-0.39, 0.29) is 0 Å². The zero-order valence-electron chi connectivity index (χ0n) is 8.96. The summed E-state index contributed by atoms with van der Waals surface area (Å²) in [5.41, 5.74) is 1.30. The van der Waals surface area contributed by atoms with Crippen molar-refractivity contribution < 1.29 is 4.79 Å². The zero-order valence-corrected chi connectivity index (χ0v) is 8.96. The minimum atomic E-state index is 0.324. The molecule has 0 spiro atoms. The van der Waals surface area contributed by atoms with Crippen molar-refractivity contribution in [3.05, 3.63) is 11.8 Å². The van der Waals surface area contributed by atoms with Crippen molar-refractivity contribution in [1.29, 1.82) is 0 Å². The van der Waals surface area contributed by atoms with E-state index in [0.717, 1.165) is 38.3 Å². The van der Waals surface area contributed by atoms with Gasteiger partial charge >= 0.3 is 0 Å². The van der Waals surface area contributed by atoms with Crippen LogP contribution in [-0.2, 0) is 4.79 Å². The molecular weight excluding hydrogens is 174 g/mol. The van der Waals surface area contributed by atoms with Gasteiger partial charge in [0.15, 0.2) is 5.78 Å². The third kappa shape index (κ3) is 2.17. The molecule has 1 heterocycles. The SMILES string of the molecule is CC1CCN(C2=CC(=O)CCC2)CC1. The number of likely N-dealkylation sites (tertiary alicyclic amines) is 1. The first-order valence-electron chi connectivity index (χ1n) is 5.74. The van der Waals surface area contributed by atoms with Gasteiger partial charge in [-0.2, -0.15) is 0 Å². The second-order valence-corrected chi connectivity index (χ2v) is 4.63. The topological polar surface area (TPSA) is 20.3 Å². The number of rotatable bonds is 1. The first-order valence-corrected chi connectivity index (χ1v) is 5.74. The Morgan fingerprint density at radius 1 is 1.29 bits per heavy atom. The summed E-state index contributed by atoms with van der Waals surface area (Å²) >= 11 is 0. The number of ketones is 1. The molecule has 0 saturated carbocycles. The second-order valence-electron chi connectivity index (χ2n) is 4.63. The van der Waals surface area contributed by atoms with E-state index in [2.05, 4.69) is 11.8 Å². The predicted molar refractivity (Wildman–Crippen MR) is 56.9 cm³/mol. The van der Waals surface area contributed by atoms with Gasteiger partial charge in [-0.25, -0.2) is 0 Å². The molecule has 0 aromatic carbocycles. The Hall–Kier alpha value is -0.790. The number of allylic oxidation sites excluding steroid dienone is 2. The maximum atomic E-state index is 11.3. The molecule has 1 aliphatic heterocycles. The summed E-state index contributed by atoms with van der Waals surface area (Å²) in [6.07, 6.45) is 7.36. The number of piperidine rings is 1. The smallest absolute Gasteiger partial charge is 0.157 e. The average molecular weight is 193 g/mol. The first kappa shape index (κ1) is 9.75. The molecule has 1 aliphatic carbocycles. The largest absolute Gasteiger partial charge is 0.375 e. The third-order valence-corrected chi connectivity index (χ3v) is 3.37. The molecule has 0 bridgehead atoms. The van der Waals surface area contributed by atoms with Crippen molar-refractivity contribution >= 4 is 5.78 Å². The van der Waals surface area contributed by atoms with E-state index in [0.29, 0.717) is 5.78 Å². The summed E-state index contributed by atoms with van der Waals surface area (Å²) in [4.78, 5) is 13.7. The summed E-state index contributed by atoms with van der Waals surface area (Å²) in [5, 5.41) is 0. The Balaban J connectivity index is 1.97. The Morgan fingerprint density at radius 3 is 2.64 bits per heavy atom. The minimum absolute atomic E-state index is 0.324. The van der Waals surface area contributed by atoms with Crippen LogP contribution in [0.25, 0.3) is 0 Å². The Labute approximate surface area is 86.0 Å². The molecule has 2 nitrogen and oxygen atoms in total. The van der Waals surface area contributed by atoms with Crippen LogP contribution in [0.5, 0.6) is 0 Å². The van der Waals surface area contributed by atoms with Gasteiger partial charge in [0.1, 0.15) is 0 Å². The lowest BCUT2D eigenvalue weighted by molar-refractivity contribution is -0.115. The summed E-state index contributed by atoms with van der Waals surface area (Å²) in [6.45, 7) is 4.62. The maximum absolute atomic E-state index is 11.3. The normalized spacial score (nSPS) is 25.1. The summed E-state index contributed by atoms with van der Waals surface area (Å²) in [6, 6.07) is 0. The summed E-state index contributed by atoms with van der Waals surface area (Å²) in [5.74, 6) is 1.19. The lowest BCUT2D eigenvalue weighted by Crippen LogP contribution is -2.33. The molecule has 14 heavy (non-hydrogen) atoms. The maximum Gasteiger partial charge on any atom is 0.157 e. The molecule has 2 rings (SSSR count). The van der Waals surface area contributed by atoms with Crippen molar-refractivity contribution in [2.45, 2.75) is 39.0 Å². The monoisotopic (exact) mass is 193 g/mol. The van der Waals surface area contributed by atoms with Gasteiger partial charge in [-0.15, -0.1) is 0 Å². The molecule has 2 aliphatic rings. The molecule has 1 saturated heterocycles. The Bertz CT molecular complexity index is 249. The van der Waals surface area contributed by atoms with Gasteiger partial charge in [0.05, 0.1) is 0 Å². The highest BCUT2D eigenvalue weighted by atomic mass is 16.1. The second kappa shape index (κ2) is 4.16. The van der Waals surface area contributed by atoms with Crippen LogP contribution < -0.4 is 0 Å². The molecule has 0 unspecified atom stereocenters. The van der Waals surface area contributed by atoms with E-state index in [4.69, 9.17) is 0 Å². The van der Waals surface area contributed by atoms with Crippen LogP contribution in [0.3, 0.4) is 0 Å². The molecule has 0 aromatic rings. The molecule has 2 heteroatoms. The van der Waals surface area contributed by atoms with Crippen LogP contribution in [0.1, 0.15) is 39.0 Å². The van der Waals surface area contributed by atoms with E-state index in [1.54, 1.807) is 0 Å². The van der Waals surface area contributed by atoms with Gasteiger partial charge in [-0.05, 0) is 31.6 Å². The van der Waals surface area contributed by atoms with Crippen LogP contribution in [0.4, 0.5) is 0 Å². The lowest BCUT2D eigenvalue weighted by Gasteiger charge is -2.34. The van der Waals surface area contributed by atoms with Gasteiger partial charge in [0, 0.05) is 31.3 Å².